The second-order valence-electron chi connectivity index (χ2n) is 5.97. The molecule has 1 aliphatic heterocycles. The fourth-order valence-corrected chi connectivity index (χ4v) is 2.85. The topological polar surface area (TPSA) is 124 Å². The van der Waals surface area contributed by atoms with Gasteiger partial charge in [0.15, 0.2) is 5.82 Å². The first-order valence-electron chi connectivity index (χ1n) is 8.27. The SMILES string of the molecule is N#Cc1cccnc1N1CCC(CNC(=O)C(=O)Nc2ccon2)CC1. The minimum Gasteiger partial charge on any atom is -0.363 e. The van der Waals surface area contributed by atoms with Crippen molar-refractivity contribution in [3.8, 4) is 6.07 Å². The number of piperidine rings is 1. The molecule has 0 spiro atoms. The van der Waals surface area contributed by atoms with E-state index in [1.807, 2.05) is 0 Å². The van der Waals surface area contributed by atoms with E-state index in [1.54, 1.807) is 18.3 Å². The summed E-state index contributed by atoms with van der Waals surface area (Å²) in [5.41, 5.74) is 0.559. The van der Waals surface area contributed by atoms with E-state index < -0.39 is 11.8 Å². The number of amides is 2. The zero-order chi connectivity index (χ0) is 18.4. The highest BCUT2D eigenvalue weighted by Gasteiger charge is 2.23. The maximum Gasteiger partial charge on any atom is 0.314 e. The first kappa shape index (κ1) is 17.4. The van der Waals surface area contributed by atoms with Gasteiger partial charge in [-0.2, -0.15) is 5.26 Å². The van der Waals surface area contributed by atoms with Crippen LogP contribution in [-0.2, 0) is 9.59 Å². The van der Waals surface area contributed by atoms with E-state index in [9.17, 15) is 14.9 Å². The van der Waals surface area contributed by atoms with Crippen LogP contribution in [0.2, 0.25) is 0 Å². The van der Waals surface area contributed by atoms with Gasteiger partial charge < -0.3 is 14.7 Å². The number of nitrogens with one attached hydrogen (secondary N) is 2. The molecule has 1 fully saturated rings. The minimum atomic E-state index is -0.775. The average Bonchev–Trinajstić information content (AvgIpc) is 3.19. The van der Waals surface area contributed by atoms with Crippen molar-refractivity contribution in [2.45, 2.75) is 12.8 Å². The molecule has 134 valence electrons. The molecule has 0 radical (unpaired) electrons. The highest BCUT2D eigenvalue weighted by Crippen LogP contribution is 2.23. The lowest BCUT2D eigenvalue weighted by Crippen LogP contribution is -2.42. The average molecular weight is 354 g/mol. The van der Waals surface area contributed by atoms with Gasteiger partial charge in [-0.05, 0) is 30.9 Å². The van der Waals surface area contributed by atoms with E-state index >= 15 is 0 Å². The van der Waals surface area contributed by atoms with Crippen LogP contribution in [0.15, 0.2) is 35.2 Å². The number of carbonyl (C=O) groups is 2. The number of anilines is 2. The first-order valence-corrected chi connectivity index (χ1v) is 8.27. The molecule has 2 amide bonds. The normalized spacial score (nSPS) is 14.5. The van der Waals surface area contributed by atoms with Crippen LogP contribution in [0.4, 0.5) is 11.6 Å². The van der Waals surface area contributed by atoms with Gasteiger partial charge >= 0.3 is 11.8 Å². The summed E-state index contributed by atoms with van der Waals surface area (Å²) in [6, 6.07) is 7.11. The molecule has 2 aromatic rings. The summed E-state index contributed by atoms with van der Waals surface area (Å²) in [5.74, 6) is -0.314. The van der Waals surface area contributed by atoms with Crippen LogP contribution in [0.25, 0.3) is 0 Å². The molecule has 26 heavy (non-hydrogen) atoms. The Morgan fingerprint density at radius 1 is 1.31 bits per heavy atom. The van der Waals surface area contributed by atoms with Crippen LogP contribution in [0.5, 0.6) is 0 Å². The number of rotatable bonds is 4. The predicted molar refractivity (Wildman–Crippen MR) is 92.0 cm³/mol. The Hall–Kier alpha value is -3.41. The molecule has 1 saturated heterocycles. The van der Waals surface area contributed by atoms with Gasteiger partial charge in [-0.3, -0.25) is 14.9 Å². The van der Waals surface area contributed by atoms with Crippen LogP contribution < -0.4 is 15.5 Å². The summed E-state index contributed by atoms with van der Waals surface area (Å²) in [6.45, 7) is 1.92. The van der Waals surface area contributed by atoms with Gasteiger partial charge in [0, 0.05) is 31.9 Å². The maximum absolute atomic E-state index is 11.8. The molecule has 3 heterocycles. The predicted octanol–water partition coefficient (Wildman–Crippen LogP) is 0.913. The number of aromatic nitrogens is 2. The Bertz CT molecular complexity index is 806. The molecule has 0 bridgehead atoms. The van der Waals surface area contributed by atoms with Gasteiger partial charge in [0.25, 0.3) is 0 Å². The van der Waals surface area contributed by atoms with Crippen LogP contribution in [-0.4, -0.2) is 41.6 Å². The van der Waals surface area contributed by atoms with Crippen molar-refractivity contribution in [3.05, 3.63) is 36.2 Å². The van der Waals surface area contributed by atoms with Crippen molar-refractivity contribution in [2.24, 2.45) is 5.92 Å². The van der Waals surface area contributed by atoms with Gasteiger partial charge in [0.05, 0.1) is 5.56 Å². The third kappa shape index (κ3) is 4.16. The van der Waals surface area contributed by atoms with E-state index in [0.717, 1.165) is 25.9 Å². The van der Waals surface area contributed by atoms with Crippen molar-refractivity contribution in [3.63, 3.8) is 0 Å². The second-order valence-corrected chi connectivity index (χ2v) is 5.97. The van der Waals surface area contributed by atoms with Crippen molar-refractivity contribution >= 4 is 23.5 Å². The summed E-state index contributed by atoms with van der Waals surface area (Å²) < 4.78 is 4.59. The number of nitrogens with zero attached hydrogens (tertiary/aromatic N) is 4. The summed E-state index contributed by atoms with van der Waals surface area (Å²) in [5, 5.41) is 17.7. The monoisotopic (exact) mass is 354 g/mol. The molecule has 0 aliphatic carbocycles. The van der Waals surface area contributed by atoms with Gasteiger partial charge in [-0.15, -0.1) is 0 Å². The smallest absolute Gasteiger partial charge is 0.314 e. The van der Waals surface area contributed by atoms with E-state index in [-0.39, 0.29) is 11.7 Å². The highest BCUT2D eigenvalue weighted by atomic mass is 16.5. The van der Waals surface area contributed by atoms with Gasteiger partial charge in [-0.25, -0.2) is 4.98 Å². The Kier molecular flexibility index (Phi) is 5.43. The van der Waals surface area contributed by atoms with Crippen LogP contribution in [0.1, 0.15) is 18.4 Å². The molecule has 1 aliphatic rings. The van der Waals surface area contributed by atoms with Crippen molar-refractivity contribution < 1.29 is 14.1 Å². The van der Waals surface area contributed by atoms with Crippen LogP contribution in [0.3, 0.4) is 0 Å². The largest absolute Gasteiger partial charge is 0.363 e. The van der Waals surface area contributed by atoms with Crippen molar-refractivity contribution in [2.75, 3.05) is 29.9 Å². The second kappa shape index (κ2) is 8.11. The number of pyridine rings is 1. The summed E-state index contributed by atoms with van der Waals surface area (Å²) in [7, 11) is 0. The third-order valence-electron chi connectivity index (χ3n) is 4.26. The summed E-state index contributed by atoms with van der Waals surface area (Å²) >= 11 is 0. The molecule has 0 saturated carbocycles. The lowest BCUT2D eigenvalue weighted by atomic mass is 9.96. The molecular formula is C17H18N6O3. The third-order valence-corrected chi connectivity index (χ3v) is 4.26. The number of nitriles is 1. The van der Waals surface area contributed by atoms with Gasteiger partial charge in [-0.1, -0.05) is 5.16 Å². The number of hydrogen-bond acceptors (Lipinski definition) is 7. The summed E-state index contributed by atoms with van der Waals surface area (Å²) in [6.07, 6.45) is 4.66. The summed E-state index contributed by atoms with van der Waals surface area (Å²) in [4.78, 5) is 30.0. The lowest BCUT2D eigenvalue weighted by Gasteiger charge is -2.33. The first-order chi connectivity index (χ1) is 12.7. The van der Waals surface area contributed by atoms with Crippen molar-refractivity contribution in [1.29, 1.82) is 5.26 Å². The molecule has 2 aromatic heterocycles. The molecule has 9 heteroatoms. The number of hydrogen-bond donors (Lipinski definition) is 2. The van der Waals surface area contributed by atoms with E-state index in [1.165, 1.54) is 12.3 Å². The van der Waals surface area contributed by atoms with Crippen molar-refractivity contribution in [1.82, 2.24) is 15.5 Å². The zero-order valence-corrected chi connectivity index (χ0v) is 14.0. The Labute approximate surface area is 150 Å². The Morgan fingerprint density at radius 3 is 2.81 bits per heavy atom. The molecule has 0 aromatic carbocycles. The number of carbonyl (C=O) groups excluding carboxylic acids is 2. The molecule has 0 unspecified atom stereocenters. The van der Waals surface area contributed by atoms with E-state index in [0.29, 0.717) is 17.9 Å². The van der Waals surface area contributed by atoms with E-state index in [2.05, 4.69) is 36.3 Å². The molecule has 9 nitrogen and oxygen atoms in total. The van der Waals surface area contributed by atoms with Gasteiger partial charge in [0.2, 0.25) is 0 Å². The fraction of sp³-hybridized carbons (Fsp3) is 0.353. The fourth-order valence-electron chi connectivity index (χ4n) is 2.85. The zero-order valence-electron chi connectivity index (χ0n) is 14.0. The van der Waals surface area contributed by atoms with Gasteiger partial charge in [0.1, 0.15) is 18.2 Å². The Balaban J connectivity index is 1.45. The maximum atomic E-state index is 11.8. The van der Waals surface area contributed by atoms with E-state index in [4.69, 9.17) is 0 Å². The minimum absolute atomic E-state index is 0.196. The molecule has 0 atom stereocenters. The standard InChI is InChI=1S/C17H18N6O3/c18-10-13-2-1-6-19-15(13)23-7-3-12(4-8-23)11-20-16(24)17(25)21-14-5-9-26-22-14/h1-2,5-6,9,12H,3-4,7-8,11H2,(H,20,24)(H,21,22,25). The molecule has 2 N–H and O–H groups in total. The quantitative estimate of drug-likeness (QED) is 0.782. The van der Waals surface area contributed by atoms with Crippen LogP contribution in [0, 0.1) is 17.2 Å². The Morgan fingerprint density at radius 2 is 2.12 bits per heavy atom. The lowest BCUT2D eigenvalue weighted by molar-refractivity contribution is -0.136. The molecule has 3 rings (SSSR count). The van der Waals surface area contributed by atoms with Crippen LogP contribution >= 0.6 is 0 Å². The molecular weight excluding hydrogens is 336 g/mol. The highest BCUT2D eigenvalue weighted by molar-refractivity contribution is 6.39.